The summed E-state index contributed by atoms with van der Waals surface area (Å²) in [5, 5.41) is 11.4. The lowest BCUT2D eigenvalue weighted by atomic mass is 9.95. The summed E-state index contributed by atoms with van der Waals surface area (Å²) in [7, 11) is 1.58. The van der Waals surface area contributed by atoms with E-state index in [-0.39, 0.29) is 11.3 Å². The Morgan fingerprint density at radius 2 is 1.78 bits per heavy atom. The van der Waals surface area contributed by atoms with Gasteiger partial charge in [-0.1, -0.05) is 54.1 Å². The van der Waals surface area contributed by atoms with Gasteiger partial charge in [-0.25, -0.2) is 0 Å². The Hall–Kier alpha value is -2.63. The maximum absolute atomic E-state index is 12.7. The van der Waals surface area contributed by atoms with Gasteiger partial charge < -0.3 is 14.7 Å². The number of aliphatic hydroxyl groups is 1. The Balaban J connectivity index is 2.10. The molecule has 5 nitrogen and oxygen atoms in total. The zero-order valence-corrected chi connectivity index (χ0v) is 15.6. The Morgan fingerprint density at radius 1 is 1.11 bits per heavy atom. The molecule has 1 aliphatic heterocycles. The van der Waals surface area contributed by atoms with Crippen LogP contribution in [-0.2, 0) is 14.3 Å². The first-order valence-corrected chi connectivity index (χ1v) is 9.00. The molecule has 1 heterocycles. The molecular weight excluding hydrogens is 366 g/mol. The molecule has 1 atom stereocenters. The number of hydrogen-bond donors (Lipinski definition) is 1. The fraction of sp³-hybridized carbons (Fsp3) is 0.238. The van der Waals surface area contributed by atoms with Gasteiger partial charge in [0.05, 0.1) is 11.6 Å². The van der Waals surface area contributed by atoms with Crippen LogP contribution < -0.4 is 0 Å². The van der Waals surface area contributed by atoms with Crippen LogP contribution in [-0.4, -0.2) is 42.0 Å². The second-order valence-corrected chi connectivity index (χ2v) is 6.69. The van der Waals surface area contributed by atoms with Gasteiger partial charge >= 0.3 is 0 Å². The van der Waals surface area contributed by atoms with E-state index in [4.69, 9.17) is 16.3 Å². The number of carbonyl (C=O) groups excluding carboxylic acids is 2. The summed E-state index contributed by atoms with van der Waals surface area (Å²) in [6.07, 6.45) is 0.582. The highest BCUT2D eigenvalue weighted by molar-refractivity contribution is 6.46. The zero-order chi connectivity index (χ0) is 19.4. The fourth-order valence-corrected chi connectivity index (χ4v) is 3.36. The van der Waals surface area contributed by atoms with Crippen molar-refractivity contribution in [2.24, 2.45) is 0 Å². The van der Waals surface area contributed by atoms with Crippen LogP contribution in [0.4, 0.5) is 0 Å². The van der Waals surface area contributed by atoms with Crippen molar-refractivity contribution in [2.75, 3.05) is 20.3 Å². The van der Waals surface area contributed by atoms with Crippen molar-refractivity contribution in [1.29, 1.82) is 0 Å². The number of Topliss-reactive ketones (excluding diaryl/α,β-unsaturated/α-hetero) is 1. The van der Waals surface area contributed by atoms with Crippen molar-refractivity contribution in [1.82, 2.24) is 4.90 Å². The summed E-state index contributed by atoms with van der Waals surface area (Å²) < 4.78 is 5.06. The molecule has 140 valence electrons. The zero-order valence-electron chi connectivity index (χ0n) is 14.9. The minimum atomic E-state index is -0.686. The number of ether oxygens (including phenoxy) is 1. The molecule has 0 radical (unpaired) electrons. The lowest BCUT2D eigenvalue weighted by molar-refractivity contribution is -0.140. The molecule has 0 saturated carbocycles. The second-order valence-electron chi connectivity index (χ2n) is 6.26. The number of carbonyl (C=O) groups is 2. The van der Waals surface area contributed by atoms with Crippen LogP contribution in [0, 0.1) is 0 Å². The number of aliphatic hydroxyl groups excluding tert-OH is 1. The SMILES string of the molecule is COCCCN1C(=O)C(=O)/C(=C(/O)c2ccccc2)[C@H]1c1ccc(Cl)cc1. The largest absolute Gasteiger partial charge is 0.507 e. The number of halogens is 1. The summed E-state index contributed by atoms with van der Waals surface area (Å²) in [5.74, 6) is -1.49. The first-order chi connectivity index (χ1) is 13.0. The number of amides is 1. The van der Waals surface area contributed by atoms with Gasteiger partial charge in [0.15, 0.2) is 0 Å². The third kappa shape index (κ3) is 3.89. The van der Waals surface area contributed by atoms with Crippen molar-refractivity contribution in [3.8, 4) is 0 Å². The van der Waals surface area contributed by atoms with Crippen LogP contribution in [0.25, 0.3) is 5.76 Å². The average molecular weight is 386 g/mol. The van der Waals surface area contributed by atoms with Crippen molar-refractivity contribution in [3.63, 3.8) is 0 Å². The Labute approximate surface area is 162 Å². The van der Waals surface area contributed by atoms with Gasteiger partial charge in [0.2, 0.25) is 0 Å². The van der Waals surface area contributed by atoms with Crippen LogP contribution in [0.15, 0.2) is 60.2 Å². The number of nitrogens with zero attached hydrogens (tertiary/aromatic N) is 1. The molecule has 1 saturated heterocycles. The molecular formula is C21H20ClNO4. The number of likely N-dealkylation sites (tertiary alicyclic amines) is 1. The molecule has 1 N–H and O–H groups in total. The van der Waals surface area contributed by atoms with E-state index in [1.807, 2.05) is 6.07 Å². The quantitative estimate of drug-likeness (QED) is 0.355. The topological polar surface area (TPSA) is 66.8 Å². The van der Waals surface area contributed by atoms with Crippen molar-refractivity contribution in [2.45, 2.75) is 12.5 Å². The molecule has 0 aliphatic carbocycles. The van der Waals surface area contributed by atoms with E-state index in [2.05, 4.69) is 0 Å². The third-order valence-corrected chi connectivity index (χ3v) is 4.77. The minimum absolute atomic E-state index is 0.0888. The van der Waals surface area contributed by atoms with Crippen LogP contribution in [0.3, 0.4) is 0 Å². The van der Waals surface area contributed by atoms with Crippen molar-refractivity contribution >= 4 is 29.1 Å². The predicted octanol–water partition coefficient (Wildman–Crippen LogP) is 3.80. The summed E-state index contributed by atoms with van der Waals surface area (Å²) in [6.45, 7) is 0.812. The van der Waals surface area contributed by atoms with Gasteiger partial charge in [-0.05, 0) is 24.1 Å². The van der Waals surface area contributed by atoms with Crippen LogP contribution in [0.5, 0.6) is 0 Å². The molecule has 27 heavy (non-hydrogen) atoms. The highest BCUT2D eigenvalue weighted by Crippen LogP contribution is 2.39. The molecule has 0 unspecified atom stereocenters. The highest BCUT2D eigenvalue weighted by Gasteiger charge is 2.45. The summed E-state index contributed by atoms with van der Waals surface area (Å²) in [6, 6.07) is 15.0. The minimum Gasteiger partial charge on any atom is -0.507 e. The number of hydrogen-bond acceptors (Lipinski definition) is 4. The lowest BCUT2D eigenvalue weighted by Gasteiger charge is -2.25. The van der Waals surface area contributed by atoms with Gasteiger partial charge in [-0.3, -0.25) is 9.59 Å². The molecule has 1 fully saturated rings. The van der Waals surface area contributed by atoms with Gasteiger partial charge in [0.1, 0.15) is 5.76 Å². The van der Waals surface area contributed by atoms with E-state index in [1.165, 1.54) is 4.90 Å². The van der Waals surface area contributed by atoms with Crippen LogP contribution in [0.2, 0.25) is 5.02 Å². The highest BCUT2D eigenvalue weighted by atomic mass is 35.5. The molecule has 3 rings (SSSR count). The predicted molar refractivity (Wildman–Crippen MR) is 103 cm³/mol. The molecule has 1 amide bonds. The van der Waals surface area contributed by atoms with Crippen molar-refractivity contribution < 1.29 is 19.4 Å². The Bertz CT molecular complexity index is 862. The van der Waals surface area contributed by atoms with Gasteiger partial charge in [0.25, 0.3) is 11.7 Å². The summed E-state index contributed by atoms with van der Waals surface area (Å²) >= 11 is 5.98. The Kier molecular flexibility index (Phi) is 5.94. The molecule has 0 aromatic heterocycles. The monoisotopic (exact) mass is 385 g/mol. The normalized spacial score (nSPS) is 18.9. The Morgan fingerprint density at radius 3 is 2.41 bits per heavy atom. The van der Waals surface area contributed by atoms with Gasteiger partial charge in [-0.2, -0.15) is 0 Å². The molecule has 6 heteroatoms. The fourth-order valence-electron chi connectivity index (χ4n) is 3.23. The first kappa shape index (κ1) is 19.1. The van der Waals surface area contributed by atoms with E-state index < -0.39 is 17.7 Å². The number of ketones is 1. The number of rotatable bonds is 6. The molecule has 1 aliphatic rings. The third-order valence-electron chi connectivity index (χ3n) is 4.52. The van der Waals surface area contributed by atoms with E-state index >= 15 is 0 Å². The lowest BCUT2D eigenvalue weighted by Crippen LogP contribution is -2.31. The van der Waals surface area contributed by atoms with E-state index in [0.29, 0.717) is 35.7 Å². The smallest absolute Gasteiger partial charge is 0.295 e. The van der Waals surface area contributed by atoms with Gasteiger partial charge in [0, 0.05) is 30.8 Å². The second kappa shape index (κ2) is 8.37. The van der Waals surface area contributed by atoms with E-state index in [0.717, 1.165) is 0 Å². The van der Waals surface area contributed by atoms with Crippen LogP contribution >= 0.6 is 11.6 Å². The summed E-state index contributed by atoms with van der Waals surface area (Å²) in [5.41, 5.74) is 1.30. The molecule has 0 spiro atoms. The standard InChI is InChI=1S/C21H20ClNO4/c1-27-13-5-12-23-18(14-8-10-16(22)11-9-14)17(20(25)21(23)26)19(24)15-6-3-2-4-7-15/h2-4,6-11,18,24H,5,12-13H2,1H3/b19-17+/t18-/m1/s1. The number of methoxy groups -OCH3 is 1. The molecule has 2 aromatic carbocycles. The van der Waals surface area contributed by atoms with Crippen LogP contribution in [0.1, 0.15) is 23.6 Å². The van der Waals surface area contributed by atoms with E-state index in [9.17, 15) is 14.7 Å². The average Bonchev–Trinajstić information content (AvgIpc) is 2.94. The number of benzene rings is 2. The molecule has 0 bridgehead atoms. The first-order valence-electron chi connectivity index (χ1n) is 8.63. The molecule has 2 aromatic rings. The summed E-state index contributed by atoms with van der Waals surface area (Å²) in [4.78, 5) is 26.9. The maximum atomic E-state index is 12.7. The maximum Gasteiger partial charge on any atom is 0.295 e. The van der Waals surface area contributed by atoms with Gasteiger partial charge in [-0.15, -0.1) is 0 Å². The van der Waals surface area contributed by atoms with Crippen molar-refractivity contribution in [3.05, 3.63) is 76.3 Å². The van der Waals surface area contributed by atoms with E-state index in [1.54, 1.807) is 55.6 Å².